The second kappa shape index (κ2) is 8.02. The second-order valence-electron chi connectivity index (χ2n) is 7.43. The lowest BCUT2D eigenvalue weighted by molar-refractivity contribution is -0.695. The Morgan fingerprint density at radius 1 is 1.11 bits per heavy atom. The van der Waals surface area contributed by atoms with Crippen molar-refractivity contribution in [2.24, 2.45) is 0 Å². The van der Waals surface area contributed by atoms with Gasteiger partial charge in [0.1, 0.15) is 18.3 Å². The zero-order valence-corrected chi connectivity index (χ0v) is 16.1. The predicted molar refractivity (Wildman–Crippen MR) is 106 cm³/mol. The van der Waals surface area contributed by atoms with Crippen LogP contribution in [0.5, 0.6) is 5.75 Å². The van der Waals surface area contributed by atoms with Crippen molar-refractivity contribution in [2.45, 2.75) is 37.9 Å². The number of carbonyl (C=O) groups is 2. The SMILES string of the molecule is COc1ccc(NC(=O)[C@@H]2CCCN2C(=O)[C@@H]2Cc3ccccc3C[NH2+]2)cc1. The number of quaternary nitrogens is 1. The maximum atomic E-state index is 13.2. The van der Waals surface area contributed by atoms with E-state index in [1.54, 1.807) is 12.0 Å². The normalized spacial score (nSPS) is 21.1. The fourth-order valence-corrected chi connectivity index (χ4v) is 4.15. The zero-order valence-electron chi connectivity index (χ0n) is 16.1. The molecular formula is C22H26N3O3+. The fourth-order valence-electron chi connectivity index (χ4n) is 4.15. The van der Waals surface area contributed by atoms with E-state index in [1.165, 1.54) is 11.1 Å². The van der Waals surface area contributed by atoms with Gasteiger partial charge in [-0.2, -0.15) is 0 Å². The standard InChI is InChI=1S/C22H25N3O3/c1-28-18-10-8-17(9-11-18)24-21(26)20-7-4-12-25(20)22(27)19-13-15-5-2-3-6-16(15)14-23-19/h2-3,5-6,8-11,19-20,23H,4,7,12-14H2,1H3,(H,24,26)/p+1/t19-,20-/m0/s1. The van der Waals surface area contributed by atoms with Crippen LogP contribution in [0.25, 0.3) is 0 Å². The first-order valence-corrected chi connectivity index (χ1v) is 9.81. The number of nitrogens with one attached hydrogen (secondary N) is 1. The highest BCUT2D eigenvalue weighted by Gasteiger charge is 2.39. The van der Waals surface area contributed by atoms with Crippen molar-refractivity contribution < 1.29 is 19.6 Å². The molecule has 28 heavy (non-hydrogen) atoms. The van der Waals surface area contributed by atoms with Crippen molar-refractivity contribution in [3.63, 3.8) is 0 Å². The number of ether oxygens (including phenoxy) is 1. The number of fused-ring (bicyclic) bond motifs is 1. The minimum Gasteiger partial charge on any atom is -0.497 e. The molecular weight excluding hydrogens is 354 g/mol. The molecule has 6 heteroatoms. The Morgan fingerprint density at radius 3 is 2.61 bits per heavy atom. The molecule has 0 bridgehead atoms. The summed E-state index contributed by atoms with van der Waals surface area (Å²) >= 11 is 0. The number of nitrogens with two attached hydrogens (primary N) is 1. The monoisotopic (exact) mass is 380 g/mol. The van der Waals surface area contributed by atoms with Crippen LogP contribution in [-0.2, 0) is 22.6 Å². The molecule has 0 aromatic heterocycles. The summed E-state index contributed by atoms with van der Waals surface area (Å²) in [6, 6.07) is 15.0. The van der Waals surface area contributed by atoms with Crippen molar-refractivity contribution in [2.75, 3.05) is 19.0 Å². The summed E-state index contributed by atoms with van der Waals surface area (Å²) in [5.41, 5.74) is 3.24. The Kier molecular flexibility index (Phi) is 5.30. The van der Waals surface area contributed by atoms with E-state index in [4.69, 9.17) is 4.74 Å². The van der Waals surface area contributed by atoms with Gasteiger partial charge in [0.25, 0.3) is 5.91 Å². The highest BCUT2D eigenvalue weighted by atomic mass is 16.5. The van der Waals surface area contributed by atoms with E-state index in [1.807, 2.05) is 36.4 Å². The van der Waals surface area contributed by atoms with E-state index in [0.717, 1.165) is 25.1 Å². The molecule has 6 nitrogen and oxygen atoms in total. The lowest BCUT2D eigenvalue weighted by atomic mass is 9.95. The van der Waals surface area contributed by atoms with Gasteiger partial charge >= 0.3 is 0 Å². The molecule has 2 aromatic rings. The molecule has 4 rings (SSSR count). The number of hydrogen-bond acceptors (Lipinski definition) is 3. The molecule has 2 aromatic carbocycles. The van der Waals surface area contributed by atoms with E-state index < -0.39 is 6.04 Å². The molecule has 1 fully saturated rings. The van der Waals surface area contributed by atoms with E-state index in [2.05, 4.69) is 22.8 Å². The van der Waals surface area contributed by atoms with Crippen LogP contribution in [0, 0.1) is 0 Å². The molecule has 0 radical (unpaired) electrons. The average molecular weight is 380 g/mol. The zero-order chi connectivity index (χ0) is 19.5. The molecule has 0 aliphatic carbocycles. The van der Waals surface area contributed by atoms with E-state index >= 15 is 0 Å². The Hall–Kier alpha value is -2.86. The molecule has 2 aliphatic rings. The van der Waals surface area contributed by atoms with Crippen LogP contribution in [0.2, 0.25) is 0 Å². The number of rotatable bonds is 4. The molecule has 2 heterocycles. The number of hydrogen-bond donors (Lipinski definition) is 2. The van der Waals surface area contributed by atoms with E-state index in [-0.39, 0.29) is 17.9 Å². The maximum Gasteiger partial charge on any atom is 0.281 e. The van der Waals surface area contributed by atoms with Gasteiger partial charge in [-0.15, -0.1) is 0 Å². The summed E-state index contributed by atoms with van der Waals surface area (Å²) in [7, 11) is 1.61. The maximum absolute atomic E-state index is 13.2. The van der Waals surface area contributed by atoms with Crippen molar-refractivity contribution in [3.05, 3.63) is 59.7 Å². The molecule has 146 valence electrons. The summed E-state index contributed by atoms with van der Waals surface area (Å²) in [6.45, 7) is 1.45. The first-order valence-electron chi connectivity index (χ1n) is 9.81. The third kappa shape index (κ3) is 3.73. The minimum absolute atomic E-state index is 0.0712. The van der Waals surface area contributed by atoms with Gasteiger partial charge in [0.15, 0.2) is 6.04 Å². The molecule has 3 N–H and O–H groups in total. The molecule has 0 unspecified atom stereocenters. The summed E-state index contributed by atoms with van der Waals surface area (Å²) in [5.74, 6) is 0.692. The lowest BCUT2D eigenvalue weighted by Gasteiger charge is -2.29. The van der Waals surface area contributed by atoms with Crippen molar-refractivity contribution in [1.82, 2.24) is 4.90 Å². The number of carbonyl (C=O) groups excluding carboxylic acids is 2. The first-order chi connectivity index (χ1) is 13.7. The van der Waals surface area contributed by atoms with Crippen LogP contribution in [0.15, 0.2) is 48.5 Å². The number of likely N-dealkylation sites (tertiary alicyclic amines) is 1. The van der Waals surface area contributed by atoms with Gasteiger partial charge in [-0.3, -0.25) is 9.59 Å². The minimum atomic E-state index is -0.403. The van der Waals surface area contributed by atoms with Gasteiger partial charge in [-0.1, -0.05) is 24.3 Å². The van der Waals surface area contributed by atoms with Gasteiger partial charge in [-0.05, 0) is 42.7 Å². The number of methoxy groups -OCH3 is 1. The number of benzene rings is 2. The Bertz CT molecular complexity index is 866. The molecule has 2 amide bonds. The highest BCUT2D eigenvalue weighted by Crippen LogP contribution is 2.22. The summed E-state index contributed by atoms with van der Waals surface area (Å²) in [4.78, 5) is 27.7. The molecule has 1 saturated heterocycles. The average Bonchev–Trinajstić information content (AvgIpc) is 3.23. The third-order valence-corrected chi connectivity index (χ3v) is 5.69. The Morgan fingerprint density at radius 2 is 1.86 bits per heavy atom. The van der Waals surface area contributed by atoms with Crippen molar-refractivity contribution in [3.8, 4) is 5.75 Å². The quantitative estimate of drug-likeness (QED) is 0.840. The topological polar surface area (TPSA) is 75.2 Å². The summed E-state index contributed by atoms with van der Waals surface area (Å²) in [5, 5.41) is 5.04. The first kappa shape index (κ1) is 18.5. The molecule has 0 saturated carbocycles. The number of amides is 2. The smallest absolute Gasteiger partial charge is 0.281 e. The van der Waals surface area contributed by atoms with E-state index in [0.29, 0.717) is 18.7 Å². The van der Waals surface area contributed by atoms with Crippen LogP contribution in [0.1, 0.15) is 24.0 Å². The van der Waals surface area contributed by atoms with Gasteiger partial charge in [0, 0.05) is 24.2 Å². The summed E-state index contributed by atoms with van der Waals surface area (Å²) < 4.78 is 5.15. The summed E-state index contributed by atoms with van der Waals surface area (Å²) in [6.07, 6.45) is 2.28. The van der Waals surface area contributed by atoms with Crippen LogP contribution < -0.4 is 15.4 Å². The molecule has 2 atom stereocenters. The third-order valence-electron chi connectivity index (χ3n) is 5.69. The van der Waals surface area contributed by atoms with Crippen LogP contribution in [0.3, 0.4) is 0 Å². The largest absolute Gasteiger partial charge is 0.497 e. The van der Waals surface area contributed by atoms with Gasteiger partial charge in [-0.25, -0.2) is 0 Å². The van der Waals surface area contributed by atoms with Crippen LogP contribution in [0.4, 0.5) is 5.69 Å². The Labute approximate surface area is 164 Å². The predicted octanol–water partition coefficient (Wildman–Crippen LogP) is 1.31. The fraction of sp³-hybridized carbons (Fsp3) is 0.364. The Balaban J connectivity index is 1.42. The highest BCUT2D eigenvalue weighted by molar-refractivity contribution is 5.98. The molecule has 2 aliphatic heterocycles. The van der Waals surface area contributed by atoms with Crippen LogP contribution in [-0.4, -0.2) is 42.5 Å². The van der Waals surface area contributed by atoms with Gasteiger partial charge in [0.05, 0.1) is 7.11 Å². The number of nitrogens with zero attached hydrogens (tertiary/aromatic N) is 1. The van der Waals surface area contributed by atoms with Crippen molar-refractivity contribution in [1.29, 1.82) is 0 Å². The lowest BCUT2D eigenvalue weighted by Crippen LogP contribution is -2.93. The van der Waals surface area contributed by atoms with Crippen LogP contribution >= 0.6 is 0 Å². The van der Waals surface area contributed by atoms with Gasteiger partial charge in [0.2, 0.25) is 5.91 Å². The van der Waals surface area contributed by atoms with Crippen molar-refractivity contribution >= 4 is 17.5 Å². The van der Waals surface area contributed by atoms with Gasteiger partial charge < -0.3 is 20.3 Å². The molecule has 0 spiro atoms. The van der Waals surface area contributed by atoms with E-state index in [9.17, 15) is 9.59 Å². The second-order valence-corrected chi connectivity index (χ2v) is 7.43. The number of anilines is 1.